The zero-order valence-electron chi connectivity index (χ0n) is 19.4. The van der Waals surface area contributed by atoms with Crippen LogP contribution in [0, 0.1) is 13.8 Å². The quantitative estimate of drug-likeness (QED) is 0.365. The number of benzene rings is 2. The Hall–Kier alpha value is -3.87. The third kappa shape index (κ3) is 4.98. The molecule has 3 rings (SSSR count). The van der Waals surface area contributed by atoms with Crippen molar-refractivity contribution in [2.45, 2.75) is 34.1 Å². The molecule has 1 aliphatic heterocycles. The van der Waals surface area contributed by atoms with E-state index in [2.05, 4.69) is 11.9 Å². The monoisotopic (exact) mass is 448 g/mol. The van der Waals surface area contributed by atoms with Gasteiger partial charge in [-0.1, -0.05) is 12.1 Å². The van der Waals surface area contributed by atoms with Crippen molar-refractivity contribution < 1.29 is 23.9 Å². The molecule has 0 aliphatic carbocycles. The van der Waals surface area contributed by atoms with E-state index < -0.39 is 17.8 Å². The van der Waals surface area contributed by atoms with Crippen LogP contribution in [0.3, 0.4) is 0 Å². The molecule has 0 atom stereocenters. The Morgan fingerprint density at radius 3 is 2.36 bits per heavy atom. The Labute approximate surface area is 193 Å². The number of nitrogens with one attached hydrogen (secondary N) is 1. The molecule has 2 aromatic carbocycles. The van der Waals surface area contributed by atoms with Crippen molar-refractivity contribution in [1.82, 2.24) is 5.32 Å². The first-order valence-electron chi connectivity index (χ1n) is 10.8. The average molecular weight is 449 g/mol. The maximum Gasteiger partial charge on any atom is 0.335 e. The Bertz CT molecular complexity index is 1150. The third-order valence-electron chi connectivity index (χ3n) is 5.27. The SMILES string of the molecule is C=CCc1cc(/C=C2\C(=O)NC(=O)N(c3ccc(C)c(C)c3)C2=O)cc(OCC)c1OCC. The molecule has 1 N–H and O–H groups in total. The molecule has 0 aromatic heterocycles. The molecule has 1 saturated heterocycles. The molecule has 1 heterocycles. The highest BCUT2D eigenvalue weighted by atomic mass is 16.5. The molecule has 1 aliphatic rings. The van der Waals surface area contributed by atoms with Gasteiger partial charge in [-0.25, -0.2) is 9.69 Å². The second-order valence-corrected chi connectivity index (χ2v) is 7.59. The highest BCUT2D eigenvalue weighted by molar-refractivity contribution is 6.39. The van der Waals surface area contributed by atoms with Gasteiger partial charge in [-0.2, -0.15) is 0 Å². The molecule has 1 fully saturated rings. The van der Waals surface area contributed by atoms with Crippen LogP contribution in [0.4, 0.5) is 10.5 Å². The summed E-state index contributed by atoms with van der Waals surface area (Å²) in [5, 5.41) is 2.26. The molecule has 0 radical (unpaired) electrons. The van der Waals surface area contributed by atoms with Gasteiger partial charge < -0.3 is 9.47 Å². The smallest absolute Gasteiger partial charge is 0.335 e. The number of anilines is 1. The van der Waals surface area contributed by atoms with E-state index in [9.17, 15) is 14.4 Å². The van der Waals surface area contributed by atoms with Crippen LogP contribution in [-0.2, 0) is 16.0 Å². The summed E-state index contributed by atoms with van der Waals surface area (Å²) in [5.41, 5.74) is 3.60. The van der Waals surface area contributed by atoms with Gasteiger partial charge in [0.2, 0.25) is 0 Å². The molecule has 33 heavy (non-hydrogen) atoms. The van der Waals surface area contributed by atoms with E-state index in [-0.39, 0.29) is 5.57 Å². The summed E-state index contributed by atoms with van der Waals surface area (Å²) >= 11 is 0. The van der Waals surface area contributed by atoms with E-state index >= 15 is 0 Å². The Morgan fingerprint density at radius 1 is 1.00 bits per heavy atom. The fourth-order valence-corrected chi connectivity index (χ4v) is 3.57. The largest absolute Gasteiger partial charge is 0.490 e. The van der Waals surface area contributed by atoms with Crippen molar-refractivity contribution in [2.24, 2.45) is 0 Å². The Kier molecular flexibility index (Phi) is 7.33. The van der Waals surface area contributed by atoms with Gasteiger partial charge in [0, 0.05) is 5.56 Å². The normalized spacial score (nSPS) is 15.0. The maximum absolute atomic E-state index is 13.2. The van der Waals surface area contributed by atoms with Gasteiger partial charge >= 0.3 is 6.03 Å². The number of amides is 4. The highest BCUT2D eigenvalue weighted by Crippen LogP contribution is 2.35. The third-order valence-corrected chi connectivity index (χ3v) is 5.27. The summed E-state index contributed by atoms with van der Waals surface area (Å²) < 4.78 is 11.5. The number of ether oxygens (including phenoxy) is 2. The Balaban J connectivity index is 2.09. The zero-order chi connectivity index (χ0) is 24.1. The molecule has 172 valence electrons. The number of nitrogens with zero attached hydrogens (tertiary/aromatic N) is 1. The van der Waals surface area contributed by atoms with Gasteiger partial charge in [0.1, 0.15) is 5.57 Å². The molecule has 7 heteroatoms. The lowest BCUT2D eigenvalue weighted by Crippen LogP contribution is -2.54. The zero-order valence-corrected chi connectivity index (χ0v) is 19.4. The molecule has 0 spiro atoms. The predicted molar refractivity (Wildman–Crippen MR) is 128 cm³/mol. The fraction of sp³-hybridized carbons (Fsp3) is 0.269. The van der Waals surface area contributed by atoms with Gasteiger partial charge in [0.25, 0.3) is 11.8 Å². The lowest BCUT2D eigenvalue weighted by atomic mass is 10.0. The number of barbiturate groups is 1. The molecule has 0 saturated carbocycles. The minimum Gasteiger partial charge on any atom is -0.490 e. The summed E-state index contributed by atoms with van der Waals surface area (Å²) in [5.74, 6) is -0.324. The Morgan fingerprint density at radius 2 is 1.73 bits per heavy atom. The predicted octanol–water partition coefficient (Wildman–Crippen LogP) is 4.50. The van der Waals surface area contributed by atoms with Crippen LogP contribution in [0.1, 0.15) is 36.1 Å². The summed E-state index contributed by atoms with van der Waals surface area (Å²) in [6.07, 6.45) is 3.71. The molecule has 4 amide bonds. The number of rotatable bonds is 8. The second kappa shape index (κ2) is 10.2. The number of allylic oxidation sites excluding steroid dienone is 1. The van der Waals surface area contributed by atoms with E-state index in [1.807, 2.05) is 39.8 Å². The molecular formula is C26H28N2O5. The van der Waals surface area contributed by atoms with Crippen LogP contribution in [0.25, 0.3) is 6.08 Å². The number of imide groups is 2. The standard InChI is InChI=1S/C26H28N2O5/c1-6-9-19-13-18(15-22(32-7-2)23(19)33-8-3)14-21-24(29)27-26(31)28(25(21)30)20-11-10-16(4)17(5)12-20/h6,10-15H,1,7-9H2,2-5H3,(H,27,29,31)/b21-14+. The number of carbonyl (C=O) groups excluding carboxylic acids is 3. The molecule has 0 unspecified atom stereocenters. The summed E-state index contributed by atoms with van der Waals surface area (Å²) in [6.45, 7) is 12.2. The topological polar surface area (TPSA) is 84.9 Å². The van der Waals surface area contributed by atoms with Crippen LogP contribution in [0.15, 0.2) is 48.6 Å². The first-order valence-corrected chi connectivity index (χ1v) is 10.8. The van der Waals surface area contributed by atoms with Crippen molar-refractivity contribution in [3.63, 3.8) is 0 Å². The number of hydrogen-bond donors (Lipinski definition) is 1. The average Bonchev–Trinajstić information content (AvgIpc) is 2.76. The lowest BCUT2D eigenvalue weighted by molar-refractivity contribution is -0.122. The van der Waals surface area contributed by atoms with Crippen molar-refractivity contribution >= 4 is 29.6 Å². The van der Waals surface area contributed by atoms with Crippen LogP contribution in [0.2, 0.25) is 0 Å². The molecular weight excluding hydrogens is 420 g/mol. The van der Waals surface area contributed by atoms with Crippen molar-refractivity contribution in [3.8, 4) is 11.5 Å². The first-order chi connectivity index (χ1) is 15.8. The van der Waals surface area contributed by atoms with E-state index in [1.54, 1.807) is 24.3 Å². The van der Waals surface area contributed by atoms with E-state index in [4.69, 9.17) is 9.47 Å². The molecule has 2 aromatic rings. The second-order valence-electron chi connectivity index (χ2n) is 7.59. The number of urea groups is 1. The van der Waals surface area contributed by atoms with Gasteiger partial charge in [0.15, 0.2) is 11.5 Å². The minimum atomic E-state index is -0.778. The van der Waals surface area contributed by atoms with Gasteiger partial charge in [-0.05, 0) is 81.1 Å². The van der Waals surface area contributed by atoms with Crippen LogP contribution in [-0.4, -0.2) is 31.1 Å². The van der Waals surface area contributed by atoms with Crippen LogP contribution in [0.5, 0.6) is 11.5 Å². The van der Waals surface area contributed by atoms with Gasteiger partial charge in [0.05, 0.1) is 18.9 Å². The van der Waals surface area contributed by atoms with Crippen LogP contribution >= 0.6 is 0 Å². The lowest BCUT2D eigenvalue weighted by Gasteiger charge is -2.27. The first kappa shape index (κ1) is 23.8. The molecule has 0 bridgehead atoms. The van der Waals surface area contributed by atoms with Crippen molar-refractivity contribution in [2.75, 3.05) is 18.1 Å². The molecule has 7 nitrogen and oxygen atoms in total. The van der Waals surface area contributed by atoms with Gasteiger partial charge in [-0.15, -0.1) is 6.58 Å². The number of hydrogen-bond acceptors (Lipinski definition) is 5. The van der Waals surface area contributed by atoms with E-state index in [0.717, 1.165) is 21.6 Å². The summed E-state index contributed by atoms with van der Waals surface area (Å²) in [6, 6.07) is 8.00. The summed E-state index contributed by atoms with van der Waals surface area (Å²) in [4.78, 5) is 39.3. The number of carbonyl (C=O) groups is 3. The van der Waals surface area contributed by atoms with Crippen molar-refractivity contribution in [1.29, 1.82) is 0 Å². The van der Waals surface area contributed by atoms with E-state index in [0.29, 0.717) is 42.4 Å². The highest BCUT2D eigenvalue weighted by Gasteiger charge is 2.37. The van der Waals surface area contributed by atoms with Gasteiger partial charge in [-0.3, -0.25) is 14.9 Å². The fourth-order valence-electron chi connectivity index (χ4n) is 3.57. The van der Waals surface area contributed by atoms with Crippen LogP contribution < -0.4 is 19.7 Å². The van der Waals surface area contributed by atoms with E-state index in [1.165, 1.54) is 6.08 Å². The minimum absolute atomic E-state index is 0.149. The number of aryl methyl sites for hydroxylation is 2. The maximum atomic E-state index is 13.2. The summed E-state index contributed by atoms with van der Waals surface area (Å²) in [7, 11) is 0. The van der Waals surface area contributed by atoms with Crippen molar-refractivity contribution in [3.05, 3.63) is 70.8 Å².